The molecule has 0 radical (unpaired) electrons. The van der Waals surface area contributed by atoms with Crippen molar-refractivity contribution in [1.82, 2.24) is 9.55 Å². The highest BCUT2D eigenvalue weighted by molar-refractivity contribution is 5.75. The van der Waals surface area contributed by atoms with Crippen molar-refractivity contribution in [3.05, 3.63) is 30.1 Å². The van der Waals surface area contributed by atoms with Crippen LogP contribution in [0.25, 0.3) is 11.0 Å². The van der Waals surface area contributed by atoms with E-state index in [-0.39, 0.29) is 6.04 Å². The fourth-order valence-corrected chi connectivity index (χ4v) is 1.79. The smallest absolute Gasteiger partial charge is 0.161 e. The van der Waals surface area contributed by atoms with Gasteiger partial charge in [-0.25, -0.2) is 13.8 Å². The van der Waals surface area contributed by atoms with Gasteiger partial charge in [-0.15, -0.1) is 0 Å². The van der Waals surface area contributed by atoms with E-state index in [9.17, 15) is 8.78 Å². The first-order valence-electron chi connectivity index (χ1n) is 5.19. The second-order valence-corrected chi connectivity index (χ2v) is 3.70. The number of aromatic nitrogens is 2. The predicted molar refractivity (Wildman–Crippen MR) is 58.0 cm³/mol. The second-order valence-electron chi connectivity index (χ2n) is 3.70. The van der Waals surface area contributed by atoms with Crippen LogP contribution in [0.15, 0.2) is 18.5 Å². The molecular formula is C11H13F2N3. The third-order valence-electron chi connectivity index (χ3n) is 2.75. The quantitative estimate of drug-likeness (QED) is 0.870. The van der Waals surface area contributed by atoms with Gasteiger partial charge in [-0.3, -0.25) is 0 Å². The minimum atomic E-state index is -0.876. The summed E-state index contributed by atoms with van der Waals surface area (Å²) in [4.78, 5) is 4.04. The molecule has 1 aromatic carbocycles. The first-order valence-corrected chi connectivity index (χ1v) is 5.19. The van der Waals surface area contributed by atoms with Crippen LogP contribution in [-0.2, 0) is 0 Å². The first kappa shape index (κ1) is 11.0. The summed E-state index contributed by atoms with van der Waals surface area (Å²) >= 11 is 0. The van der Waals surface area contributed by atoms with E-state index in [0.717, 1.165) is 18.6 Å². The number of fused-ring (bicyclic) bond motifs is 1. The fraction of sp³-hybridized carbons (Fsp3) is 0.364. The monoisotopic (exact) mass is 225 g/mol. The maximum absolute atomic E-state index is 13.1. The largest absolute Gasteiger partial charge is 0.328 e. The van der Waals surface area contributed by atoms with Crippen LogP contribution in [0.3, 0.4) is 0 Å². The minimum Gasteiger partial charge on any atom is -0.328 e. The molecule has 0 bridgehead atoms. The van der Waals surface area contributed by atoms with Crippen molar-refractivity contribution in [3.8, 4) is 0 Å². The molecule has 0 spiro atoms. The Balaban J connectivity index is 2.59. The van der Waals surface area contributed by atoms with Crippen molar-refractivity contribution in [2.24, 2.45) is 5.73 Å². The molecule has 16 heavy (non-hydrogen) atoms. The lowest BCUT2D eigenvalue weighted by molar-refractivity contribution is 0.499. The van der Waals surface area contributed by atoms with E-state index in [1.165, 1.54) is 0 Å². The van der Waals surface area contributed by atoms with Gasteiger partial charge in [0.1, 0.15) is 0 Å². The molecule has 2 rings (SSSR count). The summed E-state index contributed by atoms with van der Waals surface area (Å²) in [6.07, 6.45) is 2.39. The van der Waals surface area contributed by atoms with E-state index in [1.807, 2.05) is 6.92 Å². The van der Waals surface area contributed by atoms with E-state index in [0.29, 0.717) is 17.6 Å². The van der Waals surface area contributed by atoms with E-state index < -0.39 is 11.6 Å². The maximum atomic E-state index is 13.1. The van der Waals surface area contributed by atoms with E-state index in [1.54, 1.807) is 10.9 Å². The van der Waals surface area contributed by atoms with Crippen LogP contribution in [0.2, 0.25) is 0 Å². The zero-order valence-corrected chi connectivity index (χ0v) is 8.95. The van der Waals surface area contributed by atoms with Crippen LogP contribution in [0.4, 0.5) is 8.78 Å². The third-order valence-corrected chi connectivity index (χ3v) is 2.75. The Morgan fingerprint density at radius 3 is 2.69 bits per heavy atom. The Bertz CT molecular complexity index is 503. The molecule has 2 aromatic rings. The van der Waals surface area contributed by atoms with Crippen molar-refractivity contribution in [2.75, 3.05) is 6.54 Å². The molecule has 1 atom stereocenters. The van der Waals surface area contributed by atoms with Crippen LogP contribution >= 0.6 is 0 Å². The summed E-state index contributed by atoms with van der Waals surface area (Å²) in [6.45, 7) is 2.43. The predicted octanol–water partition coefficient (Wildman–Crippen LogP) is 2.22. The number of benzene rings is 1. The van der Waals surface area contributed by atoms with E-state index >= 15 is 0 Å². The molecule has 0 amide bonds. The van der Waals surface area contributed by atoms with E-state index in [2.05, 4.69) is 4.98 Å². The van der Waals surface area contributed by atoms with Crippen molar-refractivity contribution in [2.45, 2.75) is 19.4 Å². The molecule has 0 aliphatic carbocycles. The Kier molecular flexibility index (Phi) is 2.87. The highest BCUT2D eigenvalue weighted by atomic mass is 19.2. The number of nitrogens with zero attached hydrogens (tertiary/aromatic N) is 2. The molecule has 1 heterocycles. The topological polar surface area (TPSA) is 43.8 Å². The second kappa shape index (κ2) is 4.17. The number of halogens is 2. The number of rotatable bonds is 3. The summed E-state index contributed by atoms with van der Waals surface area (Å²) in [6, 6.07) is 2.33. The lowest BCUT2D eigenvalue weighted by Crippen LogP contribution is -2.17. The number of nitrogens with two attached hydrogens (primary N) is 1. The summed E-state index contributed by atoms with van der Waals surface area (Å²) in [5, 5.41) is 0. The van der Waals surface area contributed by atoms with Crippen LogP contribution in [0.1, 0.15) is 19.4 Å². The SMILES string of the molecule is CCC(CN)n1cnc2cc(F)c(F)cc21. The highest BCUT2D eigenvalue weighted by Gasteiger charge is 2.13. The molecule has 0 aliphatic heterocycles. The first-order chi connectivity index (χ1) is 7.67. The van der Waals surface area contributed by atoms with Crippen molar-refractivity contribution in [1.29, 1.82) is 0 Å². The molecule has 1 unspecified atom stereocenters. The number of hydrogen-bond donors (Lipinski definition) is 1. The molecule has 0 saturated carbocycles. The van der Waals surface area contributed by atoms with Gasteiger partial charge >= 0.3 is 0 Å². The molecule has 1 aromatic heterocycles. The number of imidazole rings is 1. The van der Waals surface area contributed by atoms with Gasteiger partial charge in [-0.2, -0.15) is 0 Å². The maximum Gasteiger partial charge on any atom is 0.161 e. The van der Waals surface area contributed by atoms with Crippen LogP contribution in [0, 0.1) is 11.6 Å². The third kappa shape index (κ3) is 1.67. The van der Waals surface area contributed by atoms with Gasteiger partial charge in [-0.05, 0) is 6.42 Å². The van der Waals surface area contributed by atoms with Gasteiger partial charge in [0.15, 0.2) is 11.6 Å². The molecule has 0 fully saturated rings. The summed E-state index contributed by atoms with van der Waals surface area (Å²) in [7, 11) is 0. The lowest BCUT2D eigenvalue weighted by Gasteiger charge is -2.14. The zero-order chi connectivity index (χ0) is 11.7. The Morgan fingerprint density at radius 1 is 1.38 bits per heavy atom. The molecule has 2 N–H and O–H groups in total. The van der Waals surface area contributed by atoms with Crippen LogP contribution < -0.4 is 5.73 Å². The van der Waals surface area contributed by atoms with Crippen LogP contribution in [0.5, 0.6) is 0 Å². The highest BCUT2D eigenvalue weighted by Crippen LogP contribution is 2.21. The normalized spacial score (nSPS) is 13.2. The average molecular weight is 225 g/mol. The lowest BCUT2D eigenvalue weighted by atomic mass is 10.2. The molecule has 0 saturated heterocycles. The van der Waals surface area contributed by atoms with Crippen molar-refractivity contribution < 1.29 is 8.78 Å². The minimum absolute atomic E-state index is 0.0647. The van der Waals surface area contributed by atoms with Gasteiger partial charge in [0.25, 0.3) is 0 Å². The van der Waals surface area contributed by atoms with Crippen LogP contribution in [-0.4, -0.2) is 16.1 Å². The molecule has 0 aliphatic rings. The Labute approximate surface area is 91.9 Å². The van der Waals surface area contributed by atoms with Gasteiger partial charge in [0, 0.05) is 24.7 Å². The van der Waals surface area contributed by atoms with Gasteiger partial charge in [0.05, 0.1) is 17.4 Å². The van der Waals surface area contributed by atoms with Gasteiger partial charge < -0.3 is 10.3 Å². The molecule has 86 valence electrons. The molecular weight excluding hydrogens is 212 g/mol. The average Bonchev–Trinajstić information content (AvgIpc) is 2.65. The van der Waals surface area contributed by atoms with E-state index in [4.69, 9.17) is 5.73 Å². The molecule has 3 nitrogen and oxygen atoms in total. The Hall–Kier alpha value is -1.49. The standard InChI is InChI=1S/C11H13F2N3/c1-2-7(5-14)16-6-15-10-3-8(12)9(13)4-11(10)16/h3-4,6-7H,2,5,14H2,1H3. The zero-order valence-electron chi connectivity index (χ0n) is 8.95. The van der Waals surface area contributed by atoms with Crippen molar-refractivity contribution >= 4 is 11.0 Å². The Morgan fingerprint density at radius 2 is 2.06 bits per heavy atom. The summed E-state index contributed by atoms with van der Waals surface area (Å²) in [5.74, 6) is -1.74. The fourth-order valence-electron chi connectivity index (χ4n) is 1.79. The summed E-state index contributed by atoms with van der Waals surface area (Å²) < 4.78 is 27.9. The summed E-state index contributed by atoms with van der Waals surface area (Å²) in [5.41, 5.74) is 6.65. The number of hydrogen-bond acceptors (Lipinski definition) is 2. The van der Waals surface area contributed by atoms with Gasteiger partial charge in [-0.1, -0.05) is 6.92 Å². The van der Waals surface area contributed by atoms with Gasteiger partial charge in [0.2, 0.25) is 0 Å². The molecule has 5 heteroatoms. The van der Waals surface area contributed by atoms with Crippen molar-refractivity contribution in [3.63, 3.8) is 0 Å².